The molecule has 0 aromatic heterocycles. The molecule has 10 atom stereocenters. The zero-order chi connectivity index (χ0) is 39.6. The molecule has 2 aliphatic carbocycles. The number of carbonyl (C=O) groups is 2. The van der Waals surface area contributed by atoms with Crippen LogP contribution in [-0.2, 0) is 35.7 Å². The summed E-state index contributed by atoms with van der Waals surface area (Å²) in [4.78, 5) is 36.6. The van der Waals surface area contributed by atoms with Gasteiger partial charge in [0.2, 0.25) is 0 Å². The Morgan fingerprint density at radius 2 is 1.78 bits per heavy atom. The van der Waals surface area contributed by atoms with E-state index in [-0.39, 0.29) is 29.9 Å². The van der Waals surface area contributed by atoms with Gasteiger partial charge < -0.3 is 24.6 Å². The second-order valence-corrected chi connectivity index (χ2v) is 16.5. The number of anilines is 2. The summed E-state index contributed by atoms with van der Waals surface area (Å²) in [5.74, 6) is -2.10. The van der Waals surface area contributed by atoms with E-state index in [1.807, 2.05) is 19.9 Å². The highest BCUT2D eigenvalue weighted by Gasteiger charge is 2.62. The fourth-order valence-corrected chi connectivity index (χ4v) is 10.2. The number of para-hydroxylation sites is 2. The van der Waals surface area contributed by atoms with Crippen LogP contribution in [0.2, 0.25) is 5.02 Å². The first-order chi connectivity index (χ1) is 25.9. The van der Waals surface area contributed by atoms with Gasteiger partial charge >= 0.3 is 18.1 Å². The van der Waals surface area contributed by atoms with Crippen molar-refractivity contribution in [3.8, 4) is 0 Å². The number of hydrogen-bond donors (Lipinski definition) is 3. The summed E-state index contributed by atoms with van der Waals surface area (Å²) in [5.41, 5.74) is -2.02. The number of piperazine rings is 1. The Hall–Kier alpha value is -3.40. The summed E-state index contributed by atoms with van der Waals surface area (Å²) in [6.07, 6.45) is -4.43. The summed E-state index contributed by atoms with van der Waals surface area (Å²) in [7, 11) is 1.66. The second kappa shape index (κ2) is 14.8. The third-order valence-corrected chi connectivity index (χ3v) is 13.0. The van der Waals surface area contributed by atoms with Crippen LogP contribution in [0, 0.1) is 23.7 Å². The van der Waals surface area contributed by atoms with Gasteiger partial charge in [0.25, 0.3) is 0 Å². The lowest BCUT2D eigenvalue weighted by Gasteiger charge is -2.56. The molecule has 300 valence electrons. The van der Waals surface area contributed by atoms with E-state index in [1.54, 1.807) is 36.2 Å². The number of hydrogen-bond acceptors (Lipinski definition) is 11. The van der Waals surface area contributed by atoms with Crippen molar-refractivity contribution < 1.29 is 47.3 Å². The molecular weight excluding hydrogens is 741 g/mol. The fourth-order valence-electron chi connectivity index (χ4n) is 9.86. The molecule has 1 saturated carbocycles. The maximum Gasteiger partial charge on any atom is 0.418 e. The van der Waals surface area contributed by atoms with Crippen LogP contribution in [0.25, 0.3) is 0 Å². The normalized spacial score (nSPS) is 34.2. The minimum absolute atomic E-state index is 0.0435. The number of nitrogens with zero attached hydrogens (tertiary/aromatic N) is 3. The van der Waals surface area contributed by atoms with E-state index in [9.17, 15) is 33.0 Å². The average Bonchev–Trinajstić information content (AvgIpc) is 3.48. The quantitative estimate of drug-likeness (QED) is 0.251. The smallest absolute Gasteiger partial charge is 0.418 e. The lowest BCUT2D eigenvalue weighted by Crippen LogP contribution is -2.66. The van der Waals surface area contributed by atoms with Crippen molar-refractivity contribution in [2.24, 2.45) is 23.7 Å². The topological polar surface area (TPSA) is 124 Å². The highest BCUT2D eigenvalue weighted by Crippen LogP contribution is 2.53. The van der Waals surface area contributed by atoms with Crippen molar-refractivity contribution in [2.75, 3.05) is 49.7 Å². The minimum Gasteiger partial charge on any atom is -0.454 e. The van der Waals surface area contributed by atoms with Crippen molar-refractivity contribution >= 4 is 34.9 Å². The molecule has 11 nitrogen and oxygen atoms in total. The van der Waals surface area contributed by atoms with Crippen LogP contribution in [0.3, 0.4) is 0 Å². The van der Waals surface area contributed by atoms with E-state index in [2.05, 4.69) is 17.1 Å². The van der Waals surface area contributed by atoms with Crippen molar-refractivity contribution in [3.63, 3.8) is 0 Å². The third kappa shape index (κ3) is 7.12. The van der Waals surface area contributed by atoms with Crippen LogP contribution >= 0.6 is 11.6 Å². The molecule has 55 heavy (non-hydrogen) atoms. The van der Waals surface area contributed by atoms with Crippen LogP contribution in [0.5, 0.6) is 0 Å². The number of fused-ring (bicyclic) bond motifs is 4. The molecule has 3 heterocycles. The molecule has 7 rings (SSSR count). The molecule has 2 aromatic carbocycles. The number of hydroxylamine groups is 1. The standard InChI is InChI=1S/C40H50ClF3N4O7/c1-22-19-29-26(23(2)21-47-15-17-48(18-16-47)32-12-7-6-9-27(32)40(42,43)44)14-13-24(3)39(29,52)35(34(22)53-25(4)49)54-36(50)31-20-38(51)28-10-8-11-30(41)33(28)46(5)55-37(38)45-31/h6-12,19,23-24,26,29,31,34-35,37,45,51-52H,13-18,20-21H2,1-5H3/t23?,24-,26+,29-,31+,34-,35+,37-,38-,39-/m1/s1. The largest absolute Gasteiger partial charge is 0.454 e. The molecule has 3 aliphatic heterocycles. The van der Waals surface area contributed by atoms with E-state index in [0.717, 1.165) is 12.5 Å². The summed E-state index contributed by atoms with van der Waals surface area (Å²) in [6, 6.07) is 9.78. The number of nitrogens with one attached hydrogen (secondary N) is 1. The molecule has 1 unspecified atom stereocenters. The maximum atomic E-state index is 14.2. The molecular formula is C40H50ClF3N4O7. The molecule has 0 amide bonds. The van der Waals surface area contributed by atoms with E-state index in [1.165, 1.54) is 24.1 Å². The number of rotatable bonds is 7. The van der Waals surface area contributed by atoms with Gasteiger partial charge in [-0.1, -0.05) is 55.8 Å². The molecule has 2 aromatic rings. The van der Waals surface area contributed by atoms with Crippen molar-refractivity contribution in [1.82, 2.24) is 10.2 Å². The second-order valence-electron chi connectivity index (χ2n) is 16.1. The van der Waals surface area contributed by atoms with Crippen LogP contribution in [-0.4, -0.2) is 96.9 Å². The minimum atomic E-state index is -4.44. The number of benzene rings is 2. The number of ether oxygens (including phenoxy) is 2. The monoisotopic (exact) mass is 790 g/mol. The van der Waals surface area contributed by atoms with Gasteiger partial charge in [-0.15, -0.1) is 0 Å². The SMILES string of the molecule is CC(=O)O[C@@H]1C(C)=C[C@@H]2[C@H](C(C)CN3CCN(c4ccccc4C(F)(F)F)CC3)CC[C@@H](C)[C@]2(O)[C@H]1OC(=O)[C@@H]1C[C@@]2(O)c3cccc(Cl)c3N(C)O[C@H]2N1. The number of alkyl halides is 3. The van der Waals surface area contributed by atoms with Gasteiger partial charge in [0.05, 0.1) is 16.3 Å². The van der Waals surface area contributed by atoms with Gasteiger partial charge in [-0.2, -0.15) is 13.2 Å². The number of halogens is 4. The highest BCUT2D eigenvalue weighted by molar-refractivity contribution is 6.33. The number of carbonyl (C=O) groups excluding carboxylic acids is 2. The Labute approximate surface area is 324 Å². The molecule has 2 saturated heterocycles. The number of aliphatic hydroxyl groups is 2. The van der Waals surface area contributed by atoms with E-state index in [4.69, 9.17) is 25.9 Å². The van der Waals surface area contributed by atoms with Gasteiger partial charge in [-0.25, -0.2) is 0 Å². The Morgan fingerprint density at radius 3 is 2.47 bits per heavy atom. The molecule has 15 heteroatoms. The van der Waals surface area contributed by atoms with E-state index in [0.29, 0.717) is 61.0 Å². The van der Waals surface area contributed by atoms with Gasteiger partial charge in [-0.05, 0) is 61.3 Å². The average molecular weight is 791 g/mol. The molecule has 5 aliphatic rings. The zero-order valence-corrected chi connectivity index (χ0v) is 32.4. The predicted molar refractivity (Wildman–Crippen MR) is 199 cm³/mol. The van der Waals surface area contributed by atoms with Crippen LogP contribution in [0.4, 0.5) is 24.5 Å². The molecule has 3 fully saturated rings. The molecule has 0 bridgehead atoms. The Bertz CT molecular complexity index is 1820. The third-order valence-electron chi connectivity index (χ3n) is 12.7. The molecule has 3 N–H and O–H groups in total. The fraction of sp³-hybridized carbons (Fsp3) is 0.600. The van der Waals surface area contributed by atoms with Crippen molar-refractivity contribution in [3.05, 3.63) is 70.3 Å². The molecule has 0 radical (unpaired) electrons. The van der Waals surface area contributed by atoms with Crippen LogP contribution in [0.1, 0.15) is 58.1 Å². The van der Waals surface area contributed by atoms with Gasteiger partial charge in [0.15, 0.2) is 18.4 Å². The first-order valence-corrected chi connectivity index (χ1v) is 19.4. The zero-order valence-electron chi connectivity index (χ0n) is 31.7. The number of esters is 2. The lowest BCUT2D eigenvalue weighted by molar-refractivity contribution is -0.225. The first kappa shape index (κ1) is 39.8. The molecule has 0 spiro atoms. The summed E-state index contributed by atoms with van der Waals surface area (Å²) in [5, 5.41) is 29.7. The summed E-state index contributed by atoms with van der Waals surface area (Å²) >= 11 is 6.46. The first-order valence-electron chi connectivity index (χ1n) is 19.0. The van der Waals surface area contributed by atoms with Crippen LogP contribution in [0.15, 0.2) is 54.1 Å². The van der Waals surface area contributed by atoms with Gasteiger partial charge in [0, 0.05) is 70.3 Å². The summed E-state index contributed by atoms with van der Waals surface area (Å²) in [6.45, 7) is 9.84. The van der Waals surface area contributed by atoms with Gasteiger partial charge in [-0.3, -0.25) is 29.7 Å². The predicted octanol–water partition coefficient (Wildman–Crippen LogP) is 5.27. The van der Waals surface area contributed by atoms with Crippen molar-refractivity contribution in [2.45, 2.75) is 88.8 Å². The van der Waals surface area contributed by atoms with E-state index >= 15 is 0 Å². The van der Waals surface area contributed by atoms with Crippen LogP contribution < -0.4 is 15.3 Å². The van der Waals surface area contributed by atoms with Crippen molar-refractivity contribution in [1.29, 1.82) is 0 Å². The highest BCUT2D eigenvalue weighted by atomic mass is 35.5. The Morgan fingerprint density at radius 1 is 1.07 bits per heavy atom. The Kier molecular flexibility index (Phi) is 10.7. The summed E-state index contributed by atoms with van der Waals surface area (Å²) < 4.78 is 53.3. The maximum absolute atomic E-state index is 14.2. The van der Waals surface area contributed by atoms with Gasteiger partial charge in [0.1, 0.15) is 17.2 Å². The lowest BCUT2D eigenvalue weighted by atomic mass is 9.55. The Balaban J connectivity index is 1.09. The van der Waals surface area contributed by atoms with E-state index < -0.39 is 65.3 Å².